The zero-order valence-electron chi connectivity index (χ0n) is 13.9. The lowest BCUT2D eigenvalue weighted by Gasteiger charge is -2.37. The van der Waals surface area contributed by atoms with Gasteiger partial charge >= 0.3 is 0 Å². The molecule has 2 saturated carbocycles. The summed E-state index contributed by atoms with van der Waals surface area (Å²) in [5.41, 5.74) is 2.43. The Hall–Kier alpha value is -0.880. The summed E-state index contributed by atoms with van der Waals surface area (Å²) in [4.78, 5) is 14.6. The van der Waals surface area contributed by atoms with Crippen molar-refractivity contribution in [3.05, 3.63) is 47.7 Å². The van der Waals surface area contributed by atoms with E-state index < -0.39 is 0 Å². The van der Waals surface area contributed by atoms with Crippen molar-refractivity contribution in [1.29, 1.82) is 0 Å². The van der Waals surface area contributed by atoms with E-state index in [0.717, 1.165) is 0 Å². The van der Waals surface area contributed by atoms with Crippen molar-refractivity contribution in [2.75, 3.05) is 0 Å². The Morgan fingerprint density at radius 1 is 1.29 bits per heavy atom. The first-order chi connectivity index (χ1) is 11.6. The van der Waals surface area contributed by atoms with E-state index in [0.29, 0.717) is 33.7 Å². The summed E-state index contributed by atoms with van der Waals surface area (Å²) >= 11 is 2.60. The van der Waals surface area contributed by atoms with Crippen LogP contribution < -0.4 is 0 Å². The highest BCUT2D eigenvalue weighted by atomic mass is 127. The highest BCUT2D eigenvalue weighted by Crippen LogP contribution is 2.66. The monoisotopic (exact) mass is 435 g/mol. The van der Waals surface area contributed by atoms with Crippen molar-refractivity contribution in [2.24, 2.45) is 23.7 Å². The van der Waals surface area contributed by atoms with Gasteiger partial charge in [-0.3, -0.25) is 4.79 Å². The molecule has 1 saturated heterocycles. The molecule has 0 N–H and O–H groups in total. The fourth-order valence-electron chi connectivity index (χ4n) is 5.87. The number of hydrogen-bond acceptors (Lipinski definition) is 2. The van der Waals surface area contributed by atoms with Gasteiger partial charge < -0.3 is 9.64 Å². The lowest BCUT2D eigenvalue weighted by atomic mass is 9.79. The number of carbonyl (C=O) groups is 1. The van der Waals surface area contributed by atoms with Gasteiger partial charge in [0.05, 0.1) is 18.2 Å². The number of allylic oxidation sites excluding steroid dienone is 1. The Bertz CT molecular complexity index is 718. The first kappa shape index (κ1) is 15.4. The normalized spacial score (nSPS) is 42.3. The molecule has 3 fully saturated rings. The van der Waals surface area contributed by atoms with Gasteiger partial charge in [0.25, 0.3) is 0 Å². The molecular formula is C20H22INO2. The van der Waals surface area contributed by atoms with Gasteiger partial charge in [-0.25, -0.2) is 0 Å². The lowest BCUT2D eigenvalue weighted by molar-refractivity contribution is -0.129. The molecule has 0 radical (unpaired) electrons. The first-order valence-electron chi connectivity index (χ1n) is 8.94. The molecule has 0 unspecified atom stereocenters. The van der Waals surface area contributed by atoms with Crippen molar-refractivity contribution in [2.45, 2.75) is 42.4 Å². The maximum atomic E-state index is 12.6. The van der Waals surface area contributed by atoms with Crippen LogP contribution in [0.1, 0.15) is 31.9 Å². The van der Waals surface area contributed by atoms with Crippen LogP contribution in [0.15, 0.2) is 42.1 Å². The third-order valence-corrected chi connectivity index (χ3v) is 8.35. The topological polar surface area (TPSA) is 29.5 Å². The average Bonchev–Trinajstić information content (AvgIpc) is 3.25. The number of benzene rings is 1. The molecule has 1 aromatic carbocycles. The molecule has 1 heterocycles. The van der Waals surface area contributed by atoms with Crippen molar-refractivity contribution < 1.29 is 9.53 Å². The Morgan fingerprint density at radius 3 is 2.75 bits per heavy atom. The molecule has 0 spiro atoms. The molecule has 3 nitrogen and oxygen atoms in total. The molecule has 4 aliphatic rings. The Morgan fingerprint density at radius 2 is 2.04 bits per heavy atom. The smallest absolute Gasteiger partial charge is 0.224 e. The van der Waals surface area contributed by atoms with Gasteiger partial charge in [0.1, 0.15) is 0 Å². The van der Waals surface area contributed by atoms with Gasteiger partial charge in [-0.05, 0) is 36.8 Å². The molecule has 24 heavy (non-hydrogen) atoms. The van der Waals surface area contributed by atoms with Crippen LogP contribution in [0.25, 0.3) is 0 Å². The number of rotatable bonds is 3. The van der Waals surface area contributed by atoms with Crippen molar-refractivity contribution in [3.8, 4) is 0 Å². The number of carbonyl (C=O) groups excluding carboxylic acids is 1. The summed E-state index contributed by atoms with van der Waals surface area (Å²) in [6.07, 6.45) is 4.25. The molecule has 4 heteroatoms. The minimum atomic E-state index is 0.0661. The molecule has 1 aliphatic heterocycles. The Kier molecular flexibility index (Phi) is 3.40. The minimum absolute atomic E-state index is 0.0661. The largest absolute Gasteiger partial charge is 0.369 e. The summed E-state index contributed by atoms with van der Waals surface area (Å²) < 4.78 is 6.97. The number of halogens is 1. The summed E-state index contributed by atoms with van der Waals surface area (Å²) in [5, 5.41) is 0. The third kappa shape index (κ3) is 1.90. The molecule has 1 amide bonds. The predicted molar refractivity (Wildman–Crippen MR) is 101 cm³/mol. The van der Waals surface area contributed by atoms with Crippen LogP contribution in [-0.2, 0) is 9.53 Å². The molecule has 0 aromatic heterocycles. The number of alkyl halides is 1. The summed E-state index contributed by atoms with van der Waals surface area (Å²) in [6.45, 7) is 3.84. The second kappa shape index (κ2) is 5.31. The molecule has 126 valence electrons. The van der Waals surface area contributed by atoms with E-state index in [1.165, 1.54) is 17.7 Å². The van der Waals surface area contributed by atoms with Crippen LogP contribution in [0.3, 0.4) is 0 Å². The maximum absolute atomic E-state index is 12.6. The van der Waals surface area contributed by atoms with Gasteiger partial charge in [0.2, 0.25) is 5.91 Å². The van der Waals surface area contributed by atoms with Crippen LogP contribution in [0.2, 0.25) is 0 Å². The number of ether oxygens (including phenoxy) is 1. The fraction of sp³-hybridized carbons (Fsp3) is 0.550. The van der Waals surface area contributed by atoms with Gasteiger partial charge in [0.15, 0.2) is 0 Å². The van der Waals surface area contributed by atoms with Crippen LogP contribution in [-0.4, -0.2) is 26.9 Å². The van der Waals surface area contributed by atoms with Gasteiger partial charge in [0, 0.05) is 28.4 Å². The quantitative estimate of drug-likeness (QED) is 0.532. The molecule has 1 aromatic rings. The molecule has 5 rings (SSSR count). The second-order valence-electron chi connectivity index (χ2n) is 7.74. The average molecular weight is 435 g/mol. The Labute approximate surface area is 156 Å². The summed E-state index contributed by atoms with van der Waals surface area (Å²) in [5.74, 6) is 2.65. The molecule has 8 atom stereocenters. The molecular weight excluding hydrogens is 413 g/mol. The van der Waals surface area contributed by atoms with Gasteiger partial charge in [-0.1, -0.05) is 52.9 Å². The molecule has 3 aliphatic carbocycles. The van der Waals surface area contributed by atoms with E-state index in [-0.39, 0.29) is 18.1 Å². The molecule has 2 bridgehead atoms. The van der Waals surface area contributed by atoms with E-state index in [1.807, 2.05) is 23.1 Å². The summed E-state index contributed by atoms with van der Waals surface area (Å²) in [6, 6.07) is 10.4. The number of fused-ring (bicyclic) bond motifs is 2. The minimum Gasteiger partial charge on any atom is -0.369 e. The second-order valence-corrected chi connectivity index (χ2v) is 9.18. The van der Waals surface area contributed by atoms with Gasteiger partial charge in [-0.15, -0.1) is 0 Å². The van der Waals surface area contributed by atoms with Crippen molar-refractivity contribution in [1.82, 2.24) is 4.90 Å². The number of nitrogens with zero attached hydrogens (tertiary/aromatic N) is 1. The van der Waals surface area contributed by atoms with E-state index in [9.17, 15) is 4.79 Å². The standard InChI is InChI=1S/C20H22INO2/c1-10(12-6-4-3-5-7-12)22(11(2)23)15-9-16-18-14-8-13(17(15)18)19(21)20(14)24-16/h3-7,9-10,13-14,16-20H,8H2,1-2H3/t10-,13-,14+,16-,17+,18-,19-,20-/m1/s1. The third-order valence-electron chi connectivity index (χ3n) is 6.72. The summed E-state index contributed by atoms with van der Waals surface area (Å²) in [7, 11) is 0. The SMILES string of the molecule is CC(=O)N(C1=C[C@H]2O[C@H]3[C@H](I)[C@@H]4C[C@H]3[C@H]2[C@H]14)[C@H](C)c1ccccc1. The van der Waals surface area contributed by atoms with Crippen LogP contribution in [0.4, 0.5) is 0 Å². The van der Waals surface area contributed by atoms with Crippen LogP contribution >= 0.6 is 22.6 Å². The van der Waals surface area contributed by atoms with Crippen LogP contribution in [0, 0.1) is 23.7 Å². The Balaban J connectivity index is 1.53. The highest BCUT2D eigenvalue weighted by molar-refractivity contribution is 14.1. The van der Waals surface area contributed by atoms with E-state index in [1.54, 1.807) is 6.92 Å². The predicted octanol–water partition coefficient (Wildman–Crippen LogP) is 3.95. The van der Waals surface area contributed by atoms with E-state index in [2.05, 4.69) is 47.7 Å². The van der Waals surface area contributed by atoms with Crippen molar-refractivity contribution >= 4 is 28.5 Å². The zero-order valence-corrected chi connectivity index (χ0v) is 16.1. The zero-order chi connectivity index (χ0) is 16.6. The first-order valence-corrected chi connectivity index (χ1v) is 10.2. The van der Waals surface area contributed by atoms with Crippen LogP contribution in [0.5, 0.6) is 0 Å². The van der Waals surface area contributed by atoms with E-state index in [4.69, 9.17) is 4.74 Å². The van der Waals surface area contributed by atoms with Gasteiger partial charge in [-0.2, -0.15) is 0 Å². The van der Waals surface area contributed by atoms with E-state index >= 15 is 0 Å². The lowest BCUT2D eigenvalue weighted by Crippen LogP contribution is -2.40. The fourth-order valence-corrected chi connectivity index (χ4v) is 7.32. The number of amides is 1. The highest BCUT2D eigenvalue weighted by Gasteiger charge is 2.68. The number of hydrogen-bond donors (Lipinski definition) is 0. The van der Waals surface area contributed by atoms with Crippen molar-refractivity contribution in [3.63, 3.8) is 0 Å². The maximum Gasteiger partial charge on any atom is 0.224 e.